The highest BCUT2D eigenvalue weighted by atomic mass is 19.1. The Morgan fingerprint density at radius 2 is 2.00 bits per heavy atom. The Bertz CT molecular complexity index is 776. The van der Waals surface area contributed by atoms with Gasteiger partial charge in [-0.25, -0.2) is 14.1 Å². The van der Waals surface area contributed by atoms with Crippen LogP contribution in [0.15, 0.2) is 42.6 Å². The summed E-state index contributed by atoms with van der Waals surface area (Å²) in [5.74, 6) is -0.373. The Hall–Kier alpha value is -2.76. The monoisotopic (exact) mass is 269 g/mol. The smallest absolute Gasteiger partial charge is 0.158 e. The molecule has 2 aromatic heterocycles. The quantitative estimate of drug-likeness (QED) is 0.563. The number of fused-ring (bicyclic) bond motifs is 1. The van der Waals surface area contributed by atoms with Crippen LogP contribution < -0.4 is 5.73 Å². The summed E-state index contributed by atoms with van der Waals surface area (Å²) in [5, 5.41) is 12.6. The number of nitrogens with zero attached hydrogens (tertiary/aromatic N) is 3. The molecule has 20 heavy (non-hydrogen) atoms. The fourth-order valence-corrected chi connectivity index (χ4v) is 2.08. The summed E-state index contributed by atoms with van der Waals surface area (Å²) in [6.07, 6.45) is 1.66. The zero-order chi connectivity index (χ0) is 14.1. The van der Waals surface area contributed by atoms with Gasteiger partial charge in [0.2, 0.25) is 0 Å². The Morgan fingerprint density at radius 3 is 2.70 bits per heavy atom. The van der Waals surface area contributed by atoms with Crippen molar-refractivity contribution in [2.45, 2.75) is 6.54 Å². The maximum atomic E-state index is 12.9. The van der Waals surface area contributed by atoms with E-state index in [4.69, 9.17) is 11.1 Å². The number of benzene rings is 1. The minimum absolute atomic E-state index is 0.0964. The van der Waals surface area contributed by atoms with E-state index in [2.05, 4.69) is 10.1 Å². The Balaban J connectivity index is 2.07. The van der Waals surface area contributed by atoms with Crippen LogP contribution in [0.3, 0.4) is 0 Å². The third-order valence-corrected chi connectivity index (χ3v) is 3.01. The summed E-state index contributed by atoms with van der Waals surface area (Å²) in [5.41, 5.74) is 7.50. The van der Waals surface area contributed by atoms with Crippen molar-refractivity contribution in [3.63, 3.8) is 0 Å². The van der Waals surface area contributed by atoms with Crippen molar-refractivity contribution in [2.75, 3.05) is 0 Å². The molecule has 3 N–H and O–H groups in total. The van der Waals surface area contributed by atoms with E-state index in [0.29, 0.717) is 17.9 Å². The van der Waals surface area contributed by atoms with Gasteiger partial charge in [-0.05, 0) is 29.8 Å². The lowest BCUT2D eigenvalue weighted by Gasteiger charge is -2.02. The van der Waals surface area contributed by atoms with Crippen LogP contribution in [-0.2, 0) is 6.54 Å². The molecule has 0 spiro atoms. The van der Waals surface area contributed by atoms with Crippen LogP contribution in [0.5, 0.6) is 0 Å². The zero-order valence-corrected chi connectivity index (χ0v) is 10.5. The average Bonchev–Trinajstić information content (AvgIpc) is 2.81. The van der Waals surface area contributed by atoms with Gasteiger partial charge in [-0.1, -0.05) is 12.1 Å². The van der Waals surface area contributed by atoms with Gasteiger partial charge in [-0.15, -0.1) is 0 Å². The lowest BCUT2D eigenvalue weighted by molar-refractivity contribution is 0.625. The van der Waals surface area contributed by atoms with E-state index in [1.54, 1.807) is 29.1 Å². The highest BCUT2D eigenvalue weighted by molar-refractivity contribution is 6.04. The lowest BCUT2D eigenvalue weighted by atomic mass is 10.2. The van der Waals surface area contributed by atoms with Gasteiger partial charge in [0.15, 0.2) is 5.65 Å². The zero-order valence-electron chi connectivity index (χ0n) is 10.5. The molecule has 0 amide bonds. The third kappa shape index (κ3) is 2.11. The molecule has 2 heterocycles. The molecular formula is C14H12FN5. The van der Waals surface area contributed by atoms with Crippen LogP contribution in [-0.4, -0.2) is 20.6 Å². The molecule has 0 unspecified atom stereocenters. The lowest BCUT2D eigenvalue weighted by Crippen LogP contribution is -2.13. The van der Waals surface area contributed by atoms with Crippen molar-refractivity contribution in [2.24, 2.45) is 5.73 Å². The molecule has 6 heteroatoms. The molecule has 100 valence electrons. The van der Waals surface area contributed by atoms with Crippen molar-refractivity contribution >= 4 is 16.9 Å². The van der Waals surface area contributed by atoms with Gasteiger partial charge in [0.05, 0.1) is 11.9 Å². The molecule has 0 aliphatic rings. The number of amidine groups is 1. The first-order valence-electron chi connectivity index (χ1n) is 6.05. The summed E-state index contributed by atoms with van der Waals surface area (Å²) >= 11 is 0. The van der Waals surface area contributed by atoms with Gasteiger partial charge in [-0.3, -0.25) is 5.41 Å². The van der Waals surface area contributed by atoms with Crippen molar-refractivity contribution in [1.29, 1.82) is 5.41 Å². The molecule has 0 atom stereocenters. The van der Waals surface area contributed by atoms with Crippen LogP contribution in [0.1, 0.15) is 11.3 Å². The number of hydrogen-bond acceptors (Lipinski definition) is 3. The second-order valence-electron chi connectivity index (χ2n) is 4.42. The number of hydrogen-bond donors (Lipinski definition) is 2. The van der Waals surface area contributed by atoms with E-state index in [0.717, 1.165) is 10.9 Å². The third-order valence-electron chi connectivity index (χ3n) is 3.01. The molecule has 3 aromatic rings. The van der Waals surface area contributed by atoms with Crippen molar-refractivity contribution < 1.29 is 4.39 Å². The first kappa shape index (κ1) is 12.3. The molecule has 0 saturated carbocycles. The molecule has 0 bridgehead atoms. The molecule has 0 aliphatic carbocycles. The number of nitrogens with two attached hydrogens (primary N) is 1. The van der Waals surface area contributed by atoms with Crippen LogP contribution in [0.4, 0.5) is 4.39 Å². The maximum Gasteiger partial charge on any atom is 0.158 e. The summed E-state index contributed by atoms with van der Waals surface area (Å²) in [6.45, 7) is 0.446. The van der Waals surface area contributed by atoms with Crippen molar-refractivity contribution in [3.05, 3.63) is 59.7 Å². The first-order valence-corrected chi connectivity index (χ1v) is 6.05. The largest absolute Gasteiger partial charge is 0.382 e. The number of pyridine rings is 1. The predicted octanol–water partition coefficient (Wildman–Crippen LogP) is 1.90. The molecule has 0 saturated heterocycles. The average molecular weight is 269 g/mol. The van der Waals surface area contributed by atoms with Crippen LogP contribution >= 0.6 is 0 Å². The van der Waals surface area contributed by atoms with E-state index in [1.165, 1.54) is 12.1 Å². The normalized spacial score (nSPS) is 10.8. The fraction of sp³-hybridized carbons (Fsp3) is 0.0714. The standard InChI is InChI=1S/C14H12FN5/c15-10-5-3-9(4-6-10)8-20-14-11(2-1-7-18-14)12(19-20)13(16)17/h1-7H,8H2,(H3,16,17). The number of nitrogens with one attached hydrogen (secondary N) is 1. The summed E-state index contributed by atoms with van der Waals surface area (Å²) in [7, 11) is 0. The predicted molar refractivity (Wildman–Crippen MR) is 74.0 cm³/mol. The van der Waals surface area contributed by atoms with E-state index >= 15 is 0 Å². The van der Waals surface area contributed by atoms with Gasteiger partial charge in [0, 0.05) is 6.20 Å². The van der Waals surface area contributed by atoms with Crippen molar-refractivity contribution in [1.82, 2.24) is 14.8 Å². The number of rotatable bonds is 3. The van der Waals surface area contributed by atoms with E-state index in [-0.39, 0.29) is 11.7 Å². The molecule has 0 aliphatic heterocycles. The van der Waals surface area contributed by atoms with Crippen LogP contribution in [0.25, 0.3) is 11.0 Å². The number of halogens is 1. The molecule has 3 rings (SSSR count). The molecule has 5 nitrogen and oxygen atoms in total. The molecular weight excluding hydrogens is 257 g/mol. The second-order valence-corrected chi connectivity index (χ2v) is 4.42. The SMILES string of the molecule is N=C(N)c1nn(Cc2ccc(F)cc2)c2ncccc12. The highest BCUT2D eigenvalue weighted by Gasteiger charge is 2.13. The van der Waals surface area contributed by atoms with Gasteiger partial charge in [0.1, 0.15) is 17.3 Å². The number of aromatic nitrogens is 3. The fourth-order valence-electron chi connectivity index (χ4n) is 2.08. The van der Waals surface area contributed by atoms with Gasteiger partial charge < -0.3 is 5.73 Å². The summed E-state index contributed by atoms with van der Waals surface area (Å²) in [4.78, 5) is 4.27. The van der Waals surface area contributed by atoms with Gasteiger partial charge in [0.25, 0.3) is 0 Å². The highest BCUT2D eigenvalue weighted by Crippen LogP contribution is 2.17. The van der Waals surface area contributed by atoms with Crippen LogP contribution in [0, 0.1) is 11.2 Å². The maximum absolute atomic E-state index is 12.9. The minimum atomic E-state index is -0.276. The van der Waals surface area contributed by atoms with E-state index in [1.807, 2.05) is 6.07 Å². The van der Waals surface area contributed by atoms with E-state index < -0.39 is 0 Å². The summed E-state index contributed by atoms with van der Waals surface area (Å²) in [6, 6.07) is 9.80. The van der Waals surface area contributed by atoms with Gasteiger partial charge in [-0.2, -0.15) is 5.10 Å². The number of nitrogen functional groups attached to an aromatic ring is 1. The summed E-state index contributed by atoms with van der Waals surface area (Å²) < 4.78 is 14.6. The van der Waals surface area contributed by atoms with Crippen molar-refractivity contribution in [3.8, 4) is 0 Å². The Morgan fingerprint density at radius 1 is 1.25 bits per heavy atom. The molecule has 0 radical (unpaired) electrons. The Kier molecular flexibility index (Phi) is 2.90. The van der Waals surface area contributed by atoms with E-state index in [9.17, 15) is 4.39 Å². The topological polar surface area (TPSA) is 80.6 Å². The Labute approximate surface area is 114 Å². The second kappa shape index (κ2) is 4.73. The van der Waals surface area contributed by atoms with Gasteiger partial charge >= 0.3 is 0 Å². The molecule has 1 aromatic carbocycles. The first-order chi connectivity index (χ1) is 9.65. The molecule has 0 fully saturated rings. The van der Waals surface area contributed by atoms with Crippen LogP contribution in [0.2, 0.25) is 0 Å². The minimum Gasteiger partial charge on any atom is -0.382 e.